The molecule has 0 aliphatic carbocycles. The van der Waals surface area contributed by atoms with E-state index in [9.17, 15) is 24.0 Å². The van der Waals surface area contributed by atoms with Gasteiger partial charge in [0.05, 0.1) is 27.3 Å². The van der Waals surface area contributed by atoms with Gasteiger partial charge in [-0.25, -0.2) is 19.2 Å². The van der Waals surface area contributed by atoms with Crippen molar-refractivity contribution in [3.8, 4) is 0 Å². The highest BCUT2D eigenvalue weighted by Gasteiger charge is 2.48. The van der Waals surface area contributed by atoms with Crippen molar-refractivity contribution in [2.45, 2.75) is 83.2 Å². The van der Waals surface area contributed by atoms with Crippen LogP contribution in [0.5, 0.6) is 0 Å². The highest BCUT2D eigenvalue weighted by atomic mass is 35.5. The van der Waals surface area contributed by atoms with E-state index in [1.807, 2.05) is 32.9 Å². The number of aldehydes is 1. The molecule has 0 radical (unpaired) electrons. The van der Waals surface area contributed by atoms with Gasteiger partial charge in [-0.1, -0.05) is 47.5 Å². The number of ether oxygens (including phenoxy) is 4. The topological polar surface area (TPSA) is 167 Å². The largest absolute Gasteiger partial charge is 0.468 e. The molecule has 282 valence electrons. The first kappa shape index (κ1) is 43.3. The van der Waals surface area contributed by atoms with Gasteiger partial charge >= 0.3 is 24.1 Å². The minimum absolute atomic E-state index is 0.134. The fourth-order valence-electron chi connectivity index (χ4n) is 4.97. The second-order valence-electron chi connectivity index (χ2n) is 14.2. The maximum atomic E-state index is 12.4. The summed E-state index contributed by atoms with van der Waals surface area (Å²) in [6.07, 6.45) is 0.766. The van der Waals surface area contributed by atoms with Gasteiger partial charge in [0, 0.05) is 35.2 Å². The molecule has 0 aromatic heterocycles. The number of rotatable bonds is 6. The third kappa shape index (κ3) is 14.0. The second kappa shape index (κ2) is 18.5. The van der Waals surface area contributed by atoms with Gasteiger partial charge in [0.2, 0.25) is 0 Å². The average molecular weight is 754 g/mol. The van der Waals surface area contributed by atoms with Crippen LogP contribution in [0.25, 0.3) is 0 Å². The lowest BCUT2D eigenvalue weighted by Crippen LogP contribution is -2.54. The number of esters is 2. The minimum atomic E-state index is -1.11. The molecule has 2 unspecified atom stereocenters. The van der Waals surface area contributed by atoms with Gasteiger partial charge in [0.25, 0.3) is 0 Å². The van der Waals surface area contributed by atoms with Crippen LogP contribution in [0, 0.1) is 0 Å². The smallest absolute Gasteiger partial charge is 0.410 e. The Balaban J connectivity index is 0.000000297. The molecule has 15 heteroatoms. The molecule has 2 saturated heterocycles. The van der Waals surface area contributed by atoms with Crippen molar-refractivity contribution in [2.24, 2.45) is 5.73 Å². The molecule has 2 aromatic carbocycles. The summed E-state index contributed by atoms with van der Waals surface area (Å²) in [5.41, 5.74) is 4.35. The molecule has 2 amide bonds. The van der Waals surface area contributed by atoms with Gasteiger partial charge < -0.3 is 34.5 Å². The molecule has 0 spiro atoms. The van der Waals surface area contributed by atoms with Crippen LogP contribution in [0.1, 0.15) is 70.3 Å². The molecule has 51 heavy (non-hydrogen) atoms. The van der Waals surface area contributed by atoms with Crippen molar-refractivity contribution in [1.82, 2.24) is 15.1 Å². The number of carbonyl (C=O) groups excluding carboxylic acids is 5. The second-order valence-corrected chi connectivity index (χ2v) is 15.0. The Morgan fingerprint density at radius 2 is 1.22 bits per heavy atom. The minimum Gasteiger partial charge on any atom is -0.468 e. The SMILES string of the molecule is COC(=O)C1(N)CCN(C(=O)OC(C)(C)C)C1.COC(=O)C1(NCc2ccc(Cl)cc2)CCN(C(=O)OC(C)(C)C)C1.O=Cc1ccc(Cl)cc1. The number of halogens is 2. The Morgan fingerprint density at radius 1 is 0.765 bits per heavy atom. The molecule has 2 fully saturated rings. The molecule has 2 atom stereocenters. The van der Waals surface area contributed by atoms with Crippen LogP contribution in [0.3, 0.4) is 0 Å². The Bertz CT molecular complexity index is 1490. The van der Waals surface area contributed by atoms with E-state index in [-0.39, 0.29) is 19.1 Å². The van der Waals surface area contributed by atoms with Crippen molar-refractivity contribution in [2.75, 3.05) is 40.4 Å². The zero-order valence-electron chi connectivity index (χ0n) is 30.5. The molecule has 0 saturated carbocycles. The van der Waals surface area contributed by atoms with E-state index in [0.29, 0.717) is 48.1 Å². The van der Waals surface area contributed by atoms with E-state index >= 15 is 0 Å². The Hall–Kier alpha value is -3.91. The third-order valence-electron chi connectivity index (χ3n) is 7.59. The molecule has 2 heterocycles. The Labute approximate surface area is 310 Å². The third-order valence-corrected chi connectivity index (χ3v) is 8.10. The maximum Gasteiger partial charge on any atom is 0.410 e. The number of nitrogens with zero attached hydrogens (tertiary/aromatic N) is 2. The van der Waals surface area contributed by atoms with Crippen molar-refractivity contribution in [3.05, 3.63) is 69.7 Å². The predicted molar refractivity (Wildman–Crippen MR) is 194 cm³/mol. The predicted octanol–water partition coefficient (Wildman–Crippen LogP) is 5.63. The fourth-order valence-corrected chi connectivity index (χ4v) is 5.22. The van der Waals surface area contributed by atoms with Crippen LogP contribution >= 0.6 is 23.2 Å². The van der Waals surface area contributed by atoms with E-state index in [1.165, 1.54) is 24.0 Å². The molecule has 2 aromatic rings. The molecule has 0 bridgehead atoms. The van der Waals surface area contributed by atoms with Crippen LogP contribution in [0.15, 0.2) is 48.5 Å². The number of nitrogens with one attached hydrogen (secondary N) is 1. The summed E-state index contributed by atoms with van der Waals surface area (Å²) in [7, 11) is 2.64. The van der Waals surface area contributed by atoms with Gasteiger partial charge in [-0.2, -0.15) is 0 Å². The first-order chi connectivity index (χ1) is 23.7. The lowest BCUT2D eigenvalue weighted by atomic mass is 9.98. The Morgan fingerprint density at radius 3 is 1.67 bits per heavy atom. The first-order valence-electron chi connectivity index (χ1n) is 16.3. The number of carbonyl (C=O) groups is 5. The molecular weight excluding hydrogens is 703 g/mol. The molecular formula is C36H50Cl2N4O9. The first-order valence-corrected chi connectivity index (χ1v) is 17.0. The van der Waals surface area contributed by atoms with Gasteiger partial charge in [0.15, 0.2) is 0 Å². The van der Waals surface area contributed by atoms with Crippen molar-refractivity contribution in [1.29, 1.82) is 0 Å². The van der Waals surface area contributed by atoms with Crippen LogP contribution in [-0.2, 0) is 35.1 Å². The van der Waals surface area contributed by atoms with E-state index in [2.05, 4.69) is 10.1 Å². The molecule has 13 nitrogen and oxygen atoms in total. The van der Waals surface area contributed by atoms with Crippen LogP contribution < -0.4 is 11.1 Å². The molecule has 2 aliphatic rings. The summed E-state index contributed by atoms with van der Waals surface area (Å²) in [5, 5.41) is 4.57. The average Bonchev–Trinajstić information content (AvgIpc) is 3.69. The van der Waals surface area contributed by atoms with Crippen LogP contribution in [0.4, 0.5) is 9.59 Å². The van der Waals surface area contributed by atoms with E-state index in [0.717, 1.165) is 11.8 Å². The number of likely N-dealkylation sites (tertiary alicyclic amines) is 2. The highest BCUT2D eigenvalue weighted by Crippen LogP contribution is 2.26. The number of methoxy groups -OCH3 is 2. The van der Waals surface area contributed by atoms with E-state index < -0.39 is 40.4 Å². The zero-order valence-corrected chi connectivity index (χ0v) is 32.1. The summed E-state index contributed by atoms with van der Waals surface area (Å²) >= 11 is 11.4. The molecule has 2 aliphatic heterocycles. The van der Waals surface area contributed by atoms with Crippen LogP contribution in [-0.4, -0.2) is 103 Å². The van der Waals surface area contributed by atoms with Crippen molar-refractivity contribution < 1.29 is 42.9 Å². The summed E-state index contributed by atoms with van der Waals surface area (Å²) in [6.45, 7) is 12.4. The summed E-state index contributed by atoms with van der Waals surface area (Å²) in [5.74, 6) is -0.879. The number of hydrogen-bond acceptors (Lipinski definition) is 11. The number of hydrogen-bond donors (Lipinski definition) is 2. The fraction of sp³-hybridized carbons (Fsp3) is 0.528. The van der Waals surface area contributed by atoms with E-state index in [4.69, 9.17) is 43.1 Å². The lowest BCUT2D eigenvalue weighted by Gasteiger charge is -2.29. The number of nitrogens with two attached hydrogens (primary N) is 1. The van der Waals surface area contributed by atoms with Crippen molar-refractivity contribution in [3.63, 3.8) is 0 Å². The standard InChI is InChI=1S/C18H25ClN2O4.C11H20N2O4.C7H5ClO/c1-17(2,3)25-16(23)21-10-9-18(12-21,15(22)24-4)20-11-13-5-7-14(19)8-6-13;1-10(2,3)17-9(15)13-6-5-11(12,7-13)8(14)16-4;8-7-3-1-6(5-9)2-4-7/h5-8,20H,9-12H2,1-4H3;5-7,12H2,1-4H3;1-5H. The number of amides is 2. The lowest BCUT2D eigenvalue weighted by molar-refractivity contribution is -0.148. The molecule has 4 rings (SSSR count). The van der Waals surface area contributed by atoms with Crippen molar-refractivity contribution >= 4 is 53.6 Å². The molecule has 3 N–H and O–H groups in total. The quantitative estimate of drug-likeness (QED) is 0.213. The monoisotopic (exact) mass is 752 g/mol. The maximum absolute atomic E-state index is 12.4. The van der Waals surface area contributed by atoms with Gasteiger partial charge in [-0.3, -0.25) is 10.1 Å². The zero-order chi connectivity index (χ0) is 38.6. The van der Waals surface area contributed by atoms with E-state index in [1.54, 1.807) is 57.2 Å². The summed E-state index contributed by atoms with van der Waals surface area (Å²) < 4.78 is 20.2. The number of benzene rings is 2. The summed E-state index contributed by atoms with van der Waals surface area (Å²) in [4.78, 5) is 60.9. The normalized spacial score (nSPS) is 19.8. The highest BCUT2D eigenvalue weighted by molar-refractivity contribution is 6.30. The van der Waals surface area contributed by atoms with Gasteiger partial charge in [-0.05, 0) is 84.2 Å². The summed E-state index contributed by atoms with van der Waals surface area (Å²) in [6, 6.07) is 14.1. The van der Waals surface area contributed by atoms with Gasteiger partial charge in [0.1, 0.15) is 28.6 Å². The Kier molecular flexibility index (Phi) is 15.7. The van der Waals surface area contributed by atoms with Gasteiger partial charge in [-0.15, -0.1) is 0 Å². The van der Waals surface area contributed by atoms with Crippen LogP contribution in [0.2, 0.25) is 10.0 Å².